The van der Waals surface area contributed by atoms with E-state index in [-0.39, 0.29) is 17.1 Å². The summed E-state index contributed by atoms with van der Waals surface area (Å²) in [5.41, 5.74) is -0.492. The van der Waals surface area contributed by atoms with E-state index in [1.54, 1.807) is 39.0 Å². The van der Waals surface area contributed by atoms with Gasteiger partial charge in [-0.1, -0.05) is 36.0 Å². The van der Waals surface area contributed by atoms with Crippen LogP contribution in [0, 0.1) is 0 Å². The van der Waals surface area contributed by atoms with Gasteiger partial charge in [0, 0.05) is 9.79 Å². The summed E-state index contributed by atoms with van der Waals surface area (Å²) >= 11 is 1.39. The molecule has 0 aliphatic rings. The summed E-state index contributed by atoms with van der Waals surface area (Å²) in [5, 5.41) is 0. The van der Waals surface area contributed by atoms with Gasteiger partial charge < -0.3 is 18.9 Å². The summed E-state index contributed by atoms with van der Waals surface area (Å²) in [6, 6.07) is 14.7. The first-order chi connectivity index (χ1) is 13.7. The number of methoxy groups -OCH3 is 2. The Balaban J connectivity index is 2.51. The van der Waals surface area contributed by atoms with Crippen LogP contribution in [0.4, 0.5) is 0 Å². The molecular formula is C22H24O6S. The van der Waals surface area contributed by atoms with Crippen molar-refractivity contribution in [1.29, 1.82) is 0 Å². The van der Waals surface area contributed by atoms with E-state index in [1.165, 1.54) is 26.0 Å². The highest BCUT2D eigenvalue weighted by Gasteiger charge is 2.26. The van der Waals surface area contributed by atoms with Crippen molar-refractivity contribution in [2.24, 2.45) is 0 Å². The summed E-state index contributed by atoms with van der Waals surface area (Å²) in [7, 11) is 2.61. The molecule has 6 nitrogen and oxygen atoms in total. The molecule has 2 rings (SSSR count). The minimum Gasteiger partial charge on any atom is -0.500 e. The molecule has 0 unspecified atom stereocenters. The second-order valence-electron chi connectivity index (χ2n) is 6.86. The largest absolute Gasteiger partial charge is 0.500 e. The predicted molar refractivity (Wildman–Crippen MR) is 110 cm³/mol. The predicted octanol–water partition coefficient (Wildman–Crippen LogP) is 4.83. The fourth-order valence-electron chi connectivity index (χ4n) is 2.27. The van der Waals surface area contributed by atoms with Crippen LogP contribution in [0.3, 0.4) is 0 Å². The summed E-state index contributed by atoms with van der Waals surface area (Å²) in [6.07, 6.45) is 1.11. The lowest BCUT2D eigenvalue weighted by Gasteiger charge is -2.22. The third-order valence-corrected chi connectivity index (χ3v) is 4.46. The lowest BCUT2D eigenvalue weighted by molar-refractivity contribution is -0.138. The van der Waals surface area contributed by atoms with Crippen molar-refractivity contribution >= 4 is 23.7 Å². The second-order valence-corrected chi connectivity index (χ2v) is 7.97. The Morgan fingerprint density at radius 2 is 1.66 bits per heavy atom. The molecule has 0 amide bonds. The number of rotatable bonds is 7. The molecule has 0 spiro atoms. The number of hydrogen-bond donors (Lipinski definition) is 0. The van der Waals surface area contributed by atoms with Gasteiger partial charge in [-0.3, -0.25) is 0 Å². The van der Waals surface area contributed by atoms with Crippen LogP contribution >= 0.6 is 11.8 Å². The Bertz CT molecular complexity index is 884. The van der Waals surface area contributed by atoms with Crippen LogP contribution in [0.2, 0.25) is 0 Å². The molecular weight excluding hydrogens is 392 g/mol. The van der Waals surface area contributed by atoms with Crippen molar-refractivity contribution in [2.75, 3.05) is 14.2 Å². The van der Waals surface area contributed by atoms with E-state index < -0.39 is 17.5 Å². The molecule has 0 aliphatic carbocycles. The normalized spacial score (nSPS) is 11.6. The summed E-state index contributed by atoms with van der Waals surface area (Å²) in [4.78, 5) is 26.5. The smallest absolute Gasteiger partial charge is 0.377 e. The topological polar surface area (TPSA) is 71.1 Å². The monoisotopic (exact) mass is 416 g/mol. The van der Waals surface area contributed by atoms with Gasteiger partial charge in [0.25, 0.3) is 0 Å². The maximum Gasteiger partial charge on any atom is 0.377 e. The molecule has 0 fully saturated rings. The van der Waals surface area contributed by atoms with Crippen molar-refractivity contribution < 1.29 is 28.5 Å². The maximum absolute atomic E-state index is 13.0. The van der Waals surface area contributed by atoms with Crippen LogP contribution in [0.15, 0.2) is 70.3 Å². The number of ether oxygens (including phenoxy) is 4. The van der Waals surface area contributed by atoms with Gasteiger partial charge in [-0.15, -0.1) is 0 Å². The van der Waals surface area contributed by atoms with Crippen LogP contribution in [0.1, 0.15) is 31.1 Å². The molecule has 0 N–H and O–H groups in total. The molecule has 0 bridgehead atoms. The number of carbonyl (C=O) groups is 2. The number of esters is 2. The maximum atomic E-state index is 13.0. The van der Waals surface area contributed by atoms with E-state index in [4.69, 9.17) is 18.9 Å². The van der Waals surface area contributed by atoms with E-state index >= 15 is 0 Å². The minimum absolute atomic E-state index is 0.161. The zero-order chi connectivity index (χ0) is 21.4. The zero-order valence-electron chi connectivity index (χ0n) is 17.1. The highest BCUT2D eigenvalue weighted by atomic mass is 32.2. The van der Waals surface area contributed by atoms with E-state index in [2.05, 4.69) is 0 Å². The average Bonchev–Trinajstić information content (AvgIpc) is 2.66. The van der Waals surface area contributed by atoms with Crippen LogP contribution < -0.4 is 4.74 Å². The highest BCUT2D eigenvalue weighted by molar-refractivity contribution is 7.99. The van der Waals surface area contributed by atoms with Crippen LogP contribution in [-0.2, 0) is 19.0 Å². The molecule has 0 aromatic heterocycles. The standard InChI is InChI=1S/C22H24O6S/c1-22(2,3)28-21(24)19-16(27-17(14-25-4)20(23)26-5)12-9-13-18(19)29-15-10-7-6-8-11-15/h6-14H,1-5H3. The molecule has 0 aliphatic heterocycles. The van der Waals surface area contributed by atoms with Gasteiger partial charge in [0.15, 0.2) is 0 Å². The Morgan fingerprint density at radius 1 is 0.966 bits per heavy atom. The Hall–Kier alpha value is -2.93. The van der Waals surface area contributed by atoms with Gasteiger partial charge in [-0.05, 0) is 45.0 Å². The first-order valence-electron chi connectivity index (χ1n) is 8.83. The van der Waals surface area contributed by atoms with Crippen molar-refractivity contribution in [3.63, 3.8) is 0 Å². The molecule has 0 saturated heterocycles. The number of hydrogen-bond acceptors (Lipinski definition) is 7. The SMILES string of the molecule is COC=C(Oc1cccc(Sc2ccccc2)c1C(=O)OC(C)(C)C)C(=O)OC. The van der Waals surface area contributed by atoms with Gasteiger partial charge in [-0.2, -0.15) is 0 Å². The van der Waals surface area contributed by atoms with Crippen LogP contribution in [0.25, 0.3) is 0 Å². The van der Waals surface area contributed by atoms with E-state index in [0.717, 1.165) is 11.2 Å². The first kappa shape index (κ1) is 22.4. The van der Waals surface area contributed by atoms with Gasteiger partial charge in [0.1, 0.15) is 23.2 Å². The molecule has 0 heterocycles. The zero-order valence-corrected chi connectivity index (χ0v) is 17.9. The summed E-state index contributed by atoms with van der Waals surface area (Å²) in [5.74, 6) is -1.33. The minimum atomic E-state index is -0.733. The van der Waals surface area contributed by atoms with Crippen molar-refractivity contribution in [3.05, 3.63) is 66.1 Å². The molecule has 29 heavy (non-hydrogen) atoms. The Kier molecular flexibility index (Phi) is 7.73. The lowest BCUT2D eigenvalue weighted by atomic mass is 10.1. The van der Waals surface area contributed by atoms with Crippen molar-refractivity contribution in [1.82, 2.24) is 0 Å². The molecule has 154 valence electrons. The number of benzene rings is 2. The van der Waals surface area contributed by atoms with Crippen LogP contribution in [-0.4, -0.2) is 31.8 Å². The highest BCUT2D eigenvalue weighted by Crippen LogP contribution is 2.36. The molecule has 0 saturated carbocycles. The molecule has 2 aromatic carbocycles. The quantitative estimate of drug-likeness (QED) is 0.364. The molecule has 2 aromatic rings. The van der Waals surface area contributed by atoms with Gasteiger partial charge in [-0.25, -0.2) is 9.59 Å². The fraction of sp³-hybridized carbons (Fsp3) is 0.273. The lowest BCUT2D eigenvalue weighted by Crippen LogP contribution is -2.25. The van der Waals surface area contributed by atoms with E-state index in [1.807, 2.05) is 30.3 Å². The fourth-order valence-corrected chi connectivity index (χ4v) is 3.25. The van der Waals surface area contributed by atoms with Crippen LogP contribution in [0.5, 0.6) is 5.75 Å². The third kappa shape index (κ3) is 6.57. The van der Waals surface area contributed by atoms with Gasteiger partial charge >= 0.3 is 11.9 Å². The van der Waals surface area contributed by atoms with Gasteiger partial charge in [0.05, 0.1) is 14.2 Å². The third-order valence-electron chi connectivity index (χ3n) is 3.39. The molecule has 0 radical (unpaired) electrons. The van der Waals surface area contributed by atoms with Gasteiger partial charge in [0.2, 0.25) is 5.76 Å². The Labute approximate surface area is 174 Å². The second kappa shape index (κ2) is 10.0. The summed E-state index contributed by atoms with van der Waals surface area (Å²) in [6.45, 7) is 5.34. The number of carbonyl (C=O) groups excluding carboxylic acids is 2. The summed E-state index contributed by atoms with van der Waals surface area (Å²) < 4.78 is 20.9. The molecule has 7 heteroatoms. The molecule has 0 atom stereocenters. The van der Waals surface area contributed by atoms with Crippen molar-refractivity contribution in [2.45, 2.75) is 36.2 Å². The van der Waals surface area contributed by atoms with E-state index in [9.17, 15) is 9.59 Å². The first-order valence-corrected chi connectivity index (χ1v) is 9.65. The Morgan fingerprint density at radius 3 is 2.24 bits per heavy atom. The van der Waals surface area contributed by atoms with Crippen molar-refractivity contribution in [3.8, 4) is 5.75 Å². The average molecular weight is 416 g/mol. The van der Waals surface area contributed by atoms with E-state index in [0.29, 0.717) is 4.90 Å².